The molecule has 112 valence electrons. The lowest BCUT2D eigenvalue weighted by Crippen LogP contribution is -2.37. The Morgan fingerprint density at radius 3 is 2.90 bits per heavy atom. The van der Waals surface area contributed by atoms with Gasteiger partial charge >= 0.3 is 0 Å². The van der Waals surface area contributed by atoms with Crippen LogP contribution in [0.25, 0.3) is 0 Å². The molecule has 1 fully saturated rings. The van der Waals surface area contributed by atoms with Crippen molar-refractivity contribution in [2.75, 3.05) is 43.1 Å². The fraction of sp³-hybridized carbons (Fsp3) is 0.714. The van der Waals surface area contributed by atoms with E-state index in [1.807, 2.05) is 6.07 Å². The number of hydrogen-bond acceptors (Lipinski definition) is 6. The van der Waals surface area contributed by atoms with Gasteiger partial charge in [0.1, 0.15) is 18.0 Å². The number of ether oxygens (including phenoxy) is 1. The van der Waals surface area contributed by atoms with Crippen LogP contribution in [0.4, 0.5) is 11.6 Å². The second-order valence-corrected chi connectivity index (χ2v) is 4.97. The smallest absolute Gasteiger partial charge is 0.134 e. The second kappa shape index (κ2) is 8.01. The van der Waals surface area contributed by atoms with Crippen molar-refractivity contribution in [3.8, 4) is 0 Å². The first-order chi connectivity index (χ1) is 9.83. The van der Waals surface area contributed by atoms with Crippen LogP contribution in [0.2, 0.25) is 0 Å². The number of piperidine rings is 1. The number of hydrogen-bond donors (Lipinski definition) is 2. The fourth-order valence-corrected chi connectivity index (χ4v) is 2.34. The SMILES string of the molecule is CCCNc1cc(N2CCC(OCCO)CC2)ncn1. The molecule has 6 heteroatoms. The number of aliphatic hydroxyl groups is 1. The van der Waals surface area contributed by atoms with Gasteiger partial charge in [0.25, 0.3) is 0 Å². The van der Waals surface area contributed by atoms with Gasteiger partial charge in [-0.25, -0.2) is 9.97 Å². The minimum Gasteiger partial charge on any atom is -0.394 e. The Bertz CT molecular complexity index is 395. The summed E-state index contributed by atoms with van der Waals surface area (Å²) in [6.45, 7) is 5.45. The highest BCUT2D eigenvalue weighted by Gasteiger charge is 2.20. The summed E-state index contributed by atoms with van der Waals surface area (Å²) in [5, 5.41) is 12.0. The van der Waals surface area contributed by atoms with Gasteiger partial charge in [0.15, 0.2) is 0 Å². The lowest BCUT2D eigenvalue weighted by molar-refractivity contribution is 0.0158. The summed E-state index contributed by atoms with van der Waals surface area (Å²) >= 11 is 0. The van der Waals surface area contributed by atoms with E-state index in [1.165, 1.54) is 0 Å². The molecular formula is C14H24N4O2. The molecule has 2 rings (SSSR count). The molecule has 0 spiro atoms. The predicted octanol–water partition coefficient (Wildman–Crippen LogP) is 1.28. The predicted molar refractivity (Wildman–Crippen MR) is 79.1 cm³/mol. The average molecular weight is 280 g/mol. The standard InChI is InChI=1S/C14H24N4O2/c1-2-5-15-13-10-14(17-11-16-13)18-6-3-12(4-7-18)20-9-8-19/h10-12,19H,2-9H2,1H3,(H,15,16,17). The molecule has 1 aliphatic rings. The number of aliphatic hydroxyl groups excluding tert-OH is 1. The van der Waals surface area contributed by atoms with Crippen LogP contribution in [0.15, 0.2) is 12.4 Å². The minimum absolute atomic E-state index is 0.0958. The maximum Gasteiger partial charge on any atom is 0.134 e. The first-order valence-corrected chi connectivity index (χ1v) is 7.36. The van der Waals surface area contributed by atoms with Gasteiger partial charge in [-0.2, -0.15) is 0 Å². The Balaban J connectivity index is 1.86. The van der Waals surface area contributed by atoms with Crippen LogP contribution in [0, 0.1) is 0 Å². The van der Waals surface area contributed by atoms with E-state index in [-0.39, 0.29) is 12.7 Å². The molecule has 1 aromatic rings. The molecule has 0 aromatic carbocycles. The normalized spacial score (nSPS) is 16.4. The number of nitrogens with one attached hydrogen (secondary N) is 1. The van der Waals surface area contributed by atoms with Crippen molar-refractivity contribution in [3.05, 3.63) is 12.4 Å². The van der Waals surface area contributed by atoms with E-state index < -0.39 is 0 Å². The van der Waals surface area contributed by atoms with E-state index >= 15 is 0 Å². The monoisotopic (exact) mass is 280 g/mol. The molecule has 0 atom stereocenters. The lowest BCUT2D eigenvalue weighted by Gasteiger charge is -2.32. The van der Waals surface area contributed by atoms with Crippen LogP contribution in [0.1, 0.15) is 26.2 Å². The summed E-state index contributed by atoms with van der Waals surface area (Å²) in [7, 11) is 0. The van der Waals surface area contributed by atoms with E-state index in [0.29, 0.717) is 6.61 Å². The molecule has 0 unspecified atom stereocenters. The molecule has 1 saturated heterocycles. The fourth-order valence-electron chi connectivity index (χ4n) is 2.34. The molecule has 2 heterocycles. The summed E-state index contributed by atoms with van der Waals surface area (Å²) < 4.78 is 5.57. The first kappa shape index (κ1) is 15.0. The first-order valence-electron chi connectivity index (χ1n) is 7.36. The molecule has 1 aliphatic heterocycles. The van der Waals surface area contributed by atoms with E-state index in [2.05, 4.69) is 27.1 Å². The minimum atomic E-state index is 0.0958. The third-order valence-electron chi connectivity index (χ3n) is 3.42. The molecule has 0 bridgehead atoms. The quantitative estimate of drug-likeness (QED) is 0.784. The van der Waals surface area contributed by atoms with Gasteiger partial charge in [-0.1, -0.05) is 6.92 Å². The largest absolute Gasteiger partial charge is 0.394 e. The third kappa shape index (κ3) is 4.31. The van der Waals surface area contributed by atoms with E-state index in [9.17, 15) is 0 Å². The van der Waals surface area contributed by atoms with Gasteiger partial charge in [0, 0.05) is 25.7 Å². The van der Waals surface area contributed by atoms with Crippen LogP contribution < -0.4 is 10.2 Å². The zero-order valence-electron chi connectivity index (χ0n) is 12.1. The van der Waals surface area contributed by atoms with Gasteiger partial charge in [-0.05, 0) is 19.3 Å². The highest BCUT2D eigenvalue weighted by Crippen LogP contribution is 2.20. The molecule has 2 N–H and O–H groups in total. The molecular weight excluding hydrogens is 256 g/mol. The molecule has 6 nitrogen and oxygen atoms in total. The van der Waals surface area contributed by atoms with E-state index in [1.54, 1.807) is 6.33 Å². The Morgan fingerprint density at radius 1 is 1.40 bits per heavy atom. The Morgan fingerprint density at radius 2 is 2.20 bits per heavy atom. The van der Waals surface area contributed by atoms with Crippen molar-refractivity contribution in [2.24, 2.45) is 0 Å². The third-order valence-corrected chi connectivity index (χ3v) is 3.42. The lowest BCUT2D eigenvalue weighted by atomic mass is 10.1. The van der Waals surface area contributed by atoms with Crippen molar-refractivity contribution in [2.45, 2.75) is 32.3 Å². The average Bonchev–Trinajstić information content (AvgIpc) is 2.52. The zero-order chi connectivity index (χ0) is 14.2. The second-order valence-electron chi connectivity index (χ2n) is 4.97. The maximum absolute atomic E-state index is 8.77. The number of anilines is 2. The van der Waals surface area contributed by atoms with Crippen LogP contribution in [-0.2, 0) is 4.74 Å². The molecule has 0 amide bonds. The van der Waals surface area contributed by atoms with Crippen LogP contribution in [0.3, 0.4) is 0 Å². The van der Waals surface area contributed by atoms with E-state index in [4.69, 9.17) is 9.84 Å². The van der Waals surface area contributed by atoms with Crippen molar-refractivity contribution in [3.63, 3.8) is 0 Å². The van der Waals surface area contributed by atoms with Crippen LogP contribution >= 0.6 is 0 Å². The van der Waals surface area contributed by atoms with Gasteiger partial charge in [0.2, 0.25) is 0 Å². The molecule has 0 saturated carbocycles. The number of aromatic nitrogens is 2. The van der Waals surface area contributed by atoms with Crippen molar-refractivity contribution < 1.29 is 9.84 Å². The zero-order valence-corrected chi connectivity index (χ0v) is 12.1. The Hall–Kier alpha value is -1.40. The van der Waals surface area contributed by atoms with Gasteiger partial charge in [0.05, 0.1) is 19.3 Å². The van der Waals surface area contributed by atoms with Crippen LogP contribution in [0.5, 0.6) is 0 Å². The molecule has 20 heavy (non-hydrogen) atoms. The summed E-state index contributed by atoms with van der Waals surface area (Å²) in [5.74, 6) is 1.86. The summed E-state index contributed by atoms with van der Waals surface area (Å²) in [5.41, 5.74) is 0. The molecule has 1 aromatic heterocycles. The number of rotatable bonds is 7. The Kier molecular flexibility index (Phi) is 6.01. The molecule has 0 aliphatic carbocycles. The van der Waals surface area contributed by atoms with Crippen LogP contribution in [-0.4, -0.2) is 54.0 Å². The Labute approximate surface area is 120 Å². The van der Waals surface area contributed by atoms with E-state index in [0.717, 1.165) is 50.5 Å². The molecule has 0 radical (unpaired) electrons. The number of nitrogens with zero attached hydrogens (tertiary/aromatic N) is 3. The summed E-state index contributed by atoms with van der Waals surface area (Å²) in [6, 6.07) is 2.00. The van der Waals surface area contributed by atoms with Gasteiger partial charge < -0.3 is 20.1 Å². The highest BCUT2D eigenvalue weighted by atomic mass is 16.5. The summed E-state index contributed by atoms with van der Waals surface area (Å²) in [4.78, 5) is 10.8. The maximum atomic E-state index is 8.77. The topological polar surface area (TPSA) is 70.5 Å². The van der Waals surface area contributed by atoms with Crippen molar-refractivity contribution >= 4 is 11.6 Å². The van der Waals surface area contributed by atoms with Crippen molar-refractivity contribution in [1.29, 1.82) is 0 Å². The highest BCUT2D eigenvalue weighted by molar-refractivity contribution is 5.48. The van der Waals surface area contributed by atoms with Gasteiger partial charge in [-0.3, -0.25) is 0 Å². The van der Waals surface area contributed by atoms with Crippen molar-refractivity contribution in [1.82, 2.24) is 9.97 Å². The summed E-state index contributed by atoms with van der Waals surface area (Å²) in [6.07, 6.45) is 4.90. The van der Waals surface area contributed by atoms with Gasteiger partial charge in [-0.15, -0.1) is 0 Å².